The Morgan fingerprint density at radius 1 is 1.50 bits per heavy atom. The molecule has 4 nitrogen and oxygen atoms in total. The van der Waals surface area contributed by atoms with E-state index < -0.39 is 0 Å². The maximum atomic E-state index is 11.3. The number of aromatic hydroxyl groups is 1. The minimum Gasteiger partial charge on any atom is -0.504 e. The van der Waals surface area contributed by atoms with Crippen molar-refractivity contribution in [2.24, 2.45) is 0 Å². The second kappa shape index (κ2) is 5.35. The van der Waals surface area contributed by atoms with E-state index in [4.69, 9.17) is 4.74 Å². The summed E-state index contributed by atoms with van der Waals surface area (Å²) < 4.78 is 5.54. The van der Waals surface area contributed by atoms with Gasteiger partial charge in [-0.05, 0) is 42.4 Å². The van der Waals surface area contributed by atoms with Crippen LogP contribution in [-0.4, -0.2) is 24.2 Å². The van der Waals surface area contributed by atoms with Gasteiger partial charge >= 0.3 is 0 Å². The average Bonchev–Trinajstić information content (AvgIpc) is 3.05. The largest absolute Gasteiger partial charge is 0.504 e. The zero-order valence-corrected chi connectivity index (χ0v) is 11.9. The normalized spacial score (nSPS) is 19.4. The molecular formula is C16H21NO3. The Labute approximate surface area is 119 Å². The van der Waals surface area contributed by atoms with Crippen LogP contribution in [0.3, 0.4) is 0 Å². The number of benzene rings is 1. The molecule has 1 amide bonds. The number of amides is 1. The maximum absolute atomic E-state index is 11.3. The molecular weight excluding hydrogens is 254 g/mol. The van der Waals surface area contributed by atoms with Crippen LogP contribution >= 0.6 is 0 Å². The molecule has 1 aliphatic carbocycles. The van der Waals surface area contributed by atoms with E-state index in [1.807, 2.05) is 13.0 Å². The number of hydrogen-bond acceptors (Lipinski definition) is 3. The molecule has 3 rings (SSSR count). The van der Waals surface area contributed by atoms with Crippen LogP contribution in [0.1, 0.15) is 48.8 Å². The Balaban J connectivity index is 1.76. The highest BCUT2D eigenvalue weighted by atomic mass is 16.5. The van der Waals surface area contributed by atoms with Crippen molar-refractivity contribution in [1.29, 1.82) is 0 Å². The minimum atomic E-state index is 0.113. The number of aryl methyl sites for hydroxylation is 1. The van der Waals surface area contributed by atoms with Crippen molar-refractivity contribution in [2.45, 2.75) is 44.9 Å². The Kier molecular flexibility index (Phi) is 3.55. The van der Waals surface area contributed by atoms with E-state index in [1.165, 1.54) is 16.7 Å². The number of carbonyl (C=O) groups is 1. The molecule has 2 N–H and O–H groups in total. The molecule has 0 bridgehead atoms. The molecule has 0 fully saturated rings. The summed E-state index contributed by atoms with van der Waals surface area (Å²) >= 11 is 0. The van der Waals surface area contributed by atoms with Gasteiger partial charge in [-0.2, -0.15) is 0 Å². The first-order valence-electron chi connectivity index (χ1n) is 7.47. The van der Waals surface area contributed by atoms with E-state index >= 15 is 0 Å². The van der Waals surface area contributed by atoms with Gasteiger partial charge in [0, 0.05) is 24.9 Å². The monoisotopic (exact) mass is 275 g/mol. The van der Waals surface area contributed by atoms with Gasteiger partial charge < -0.3 is 15.2 Å². The second-order valence-electron chi connectivity index (χ2n) is 5.60. The van der Waals surface area contributed by atoms with Gasteiger partial charge in [0.05, 0.1) is 6.61 Å². The standard InChI is InChI=1S/C16H21NO3/c1-2-14(19)17-7-5-10-3-4-11-9-13(18)16-12(15(10)11)6-8-20-16/h9-10,18H,2-8H2,1H3,(H,17,19). The first-order chi connectivity index (χ1) is 9.70. The number of nitrogens with one attached hydrogen (secondary N) is 1. The van der Waals surface area contributed by atoms with Crippen molar-refractivity contribution in [2.75, 3.05) is 13.2 Å². The number of rotatable bonds is 4. The van der Waals surface area contributed by atoms with Crippen molar-refractivity contribution < 1.29 is 14.6 Å². The highest BCUT2D eigenvalue weighted by molar-refractivity contribution is 5.75. The summed E-state index contributed by atoms with van der Waals surface area (Å²) in [5.74, 6) is 1.57. The first-order valence-corrected chi connectivity index (χ1v) is 7.47. The number of carbonyl (C=O) groups excluding carboxylic acids is 1. The predicted molar refractivity (Wildman–Crippen MR) is 76.3 cm³/mol. The summed E-state index contributed by atoms with van der Waals surface area (Å²) in [6.45, 7) is 3.26. The van der Waals surface area contributed by atoms with Crippen LogP contribution in [0.2, 0.25) is 0 Å². The van der Waals surface area contributed by atoms with Crippen molar-refractivity contribution >= 4 is 5.91 Å². The van der Waals surface area contributed by atoms with Crippen molar-refractivity contribution in [3.8, 4) is 11.5 Å². The molecule has 1 atom stereocenters. The van der Waals surface area contributed by atoms with Gasteiger partial charge in [0.25, 0.3) is 0 Å². The Bertz CT molecular complexity index is 539. The zero-order chi connectivity index (χ0) is 14.1. The van der Waals surface area contributed by atoms with E-state index in [0.29, 0.717) is 24.7 Å². The molecule has 0 saturated carbocycles. The molecule has 20 heavy (non-hydrogen) atoms. The van der Waals surface area contributed by atoms with E-state index in [0.717, 1.165) is 32.2 Å². The zero-order valence-electron chi connectivity index (χ0n) is 11.9. The van der Waals surface area contributed by atoms with Gasteiger partial charge in [0.15, 0.2) is 11.5 Å². The number of hydrogen-bond donors (Lipinski definition) is 2. The molecule has 108 valence electrons. The molecule has 0 saturated heterocycles. The van der Waals surface area contributed by atoms with Gasteiger partial charge in [-0.15, -0.1) is 0 Å². The van der Waals surface area contributed by atoms with Gasteiger partial charge in [-0.25, -0.2) is 0 Å². The fraction of sp³-hybridized carbons (Fsp3) is 0.562. The molecule has 0 aromatic heterocycles. The topological polar surface area (TPSA) is 58.6 Å². The lowest BCUT2D eigenvalue weighted by atomic mass is 9.91. The molecule has 1 heterocycles. The molecule has 1 aromatic rings. The van der Waals surface area contributed by atoms with Crippen LogP contribution in [0, 0.1) is 0 Å². The van der Waals surface area contributed by atoms with Crippen LogP contribution in [0.5, 0.6) is 11.5 Å². The van der Waals surface area contributed by atoms with Crippen LogP contribution in [-0.2, 0) is 17.6 Å². The summed E-state index contributed by atoms with van der Waals surface area (Å²) in [7, 11) is 0. The van der Waals surface area contributed by atoms with E-state index in [-0.39, 0.29) is 11.7 Å². The number of phenolic OH excluding ortho intramolecular Hbond substituents is 1. The van der Waals surface area contributed by atoms with Crippen molar-refractivity contribution in [3.05, 3.63) is 22.8 Å². The molecule has 1 aromatic carbocycles. The Hall–Kier alpha value is -1.71. The molecule has 1 aliphatic heterocycles. The van der Waals surface area contributed by atoms with Crippen LogP contribution in [0.4, 0.5) is 0 Å². The molecule has 4 heteroatoms. The third-order valence-electron chi connectivity index (χ3n) is 4.39. The number of fused-ring (bicyclic) bond motifs is 3. The Morgan fingerprint density at radius 2 is 2.35 bits per heavy atom. The highest BCUT2D eigenvalue weighted by Crippen LogP contribution is 2.47. The van der Waals surface area contributed by atoms with Gasteiger partial charge in [-0.1, -0.05) is 6.92 Å². The predicted octanol–water partition coefficient (Wildman–Crippen LogP) is 2.27. The third-order valence-corrected chi connectivity index (χ3v) is 4.39. The number of phenols is 1. The smallest absolute Gasteiger partial charge is 0.219 e. The lowest BCUT2D eigenvalue weighted by Crippen LogP contribution is -2.24. The number of ether oxygens (including phenoxy) is 1. The van der Waals surface area contributed by atoms with Crippen LogP contribution in [0.25, 0.3) is 0 Å². The quantitative estimate of drug-likeness (QED) is 0.886. The van der Waals surface area contributed by atoms with E-state index in [2.05, 4.69) is 5.32 Å². The van der Waals surface area contributed by atoms with Crippen molar-refractivity contribution in [1.82, 2.24) is 5.32 Å². The summed E-state index contributed by atoms with van der Waals surface area (Å²) in [6.07, 6.45) is 4.52. The van der Waals surface area contributed by atoms with Crippen molar-refractivity contribution in [3.63, 3.8) is 0 Å². The van der Waals surface area contributed by atoms with Crippen LogP contribution in [0.15, 0.2) is 6.07 Å². The fourth-order valence-electron chi connectivity index (χ4n) is 3.43. The fourth-order valence-corrected chi connectivity index (χ4v) is 3.43. The lowest BCUT2D eigenvalue weighted by molar-refractivity contribution is -0.120. The summed E-state index contributed by atoms with van der Waals surface area (Å²) in [4.78, 5) is 11.3. The third kappa shape index (κ3) is 2.23. The molecule has 1 unspecified atom stereocenters. The highest BCUT2D eigenvalue weighted by Gasteiger charge is 2.31. The maximum Gasteiger partial charge on any atom is 0.219 e. The Morgan fingerprint density at radius 3 is 3.15 bits per heavy atom. The van der Waals surface area contributed by atoms with Gasteiger partial charge in [0.1, 0.15) is 0 Å². The van der Waals surface area contributed by atoms with E-state index in [9.17, 15) is 9.90 Å². The van der Waals surface area contributed by atoms with Crippen LogP contribution < -0.4 is 10.1 Å². The minimum absolute atomic E-state index is 0.113. The van der Waals surface area contributed by atoms with Gasteiger partial charge in [0.2, 0.25) is 5.91 Å². The average molecular weight is 275 g/mol. The summed E-state index contributed by atoms with van der Waals surface area (Å²) in [5.41, 5.74) is 3.84. The summed E-state index contributed by atoms with van der Waals surface area (Å²) in [5, 5.41) is 12.9. The SMILES string of the molecule is CCC(=O)NCCC1CCc2cc(O)c3c(c21)CCO3. The van der Waals surface area contributed by atoms with E-state index in [1.54, 1.807) is 0 Å². The van der Waals surface area contributed by atoms with Gasteiger partial charge in [-0.3, -0.25) is 4.79 Å². The molecule has 0 radical (unpaired) electrons. The molecule has 0 spiro atoms. The summed E-state index contributed by atoms with van der Waals surface area (Å²) in [6, 6.07) is 1.87. The lowest BCUT2D eigenvalue weighted by Gasteiger charge is -2.16. The first kappa shape index (κ1) is 13.3. The second-order valence-corrected chi connectivity index (χ2v) is 5.60. The molecule has 2 aliphatic rings.